The lowest BCUT2D eigenvalue weighted by Gasteiger charge is -2.28. The molecule has 0 saturated heterocycles. The summed E-state index contributed by atoms with van der Waals surface area (Å²) in [6, 6.07) is 9.05. The standard InChI is InChI=1S/C14H19N3/c1-10-3-2-4-14(13(10)9-15)17-12-7-5-11(16)6-8-12/h2-4,11-12,17H,5-8,16H2,1H3. The molecular formula is C14H19N3. The van der Waals surface area contributed by atoms with Crippen molar-refractivity contribution in [3.05, 3.63) is 29.3 Å². The van der Waals surface area contributed by atoms with Crippen molar-refractivity contribution in [2.24, 2.45) is 5.73 Å². The second kappa shape index (κ2) is 5.20. The Morgan fingerprint density at radius 2 is 2.00 bits per heavy atom. The summed E-state index contributed by atoms with van der Waals surface area (Å²) in [5.41, 5.74) is 8.65. The van der Waals surface area contributed by atoms with Gasteiger partial charge in [0.25, 0.3) is 0 Å². The van der Waals surface area contributed by atoms with Crippen molar-refractivity contribution >= 4 is 5.69 Å². The maximum Gasteiger partial charge on any atom is 0.102 e. The van der Waals surface area contributed by atoms with Crippen LogP contribution in [0.15, 0.2) is 18.2 Å². The fourth-order valence-electron chi connectivity index (χ4n) is 2.42. The molecule has 1 aromatic rings. The molecule has 0 radical (unpaired) electrons. The molecule has 0 spiro atoms. The van der Waals surface area contributed by atoms with Gasteiger partial charge in [-0.15, -0.1) is 0 Å². The maximum absolute atomic E-state index is 9.16. The summed E-state index contributed by atoms with van der Waals surface area (Å²) in [4.78, 5) is 0. The predicted octanol–water partition coefficient (Wildman–Crippen LogP) is 2.55. The van der Waals surface area contributed by atoms with Gasteiger partial charge in [0.1, 0.15) is 6.07 Å². The molecule has 3 nitrogen and oxygen atoms in total. The van der Waals surface area contributed by atoms with E-state index in [9.17, 15) is 0 Å². The summed E-state index contributed by atoms with van der Waals surface area (Å²) in [6.07, 6.45) is 4.34. The second-order valence-electron chi connectivity index (χ2n) is 4.87. The largest absolute Gasteiger partial charge is 0.381 e. The van der Waals surface area contributed by atoms with Gasteiger partial charge >= 0.3 is 0 Å². The Balaban J connectivity index is 2.09. The molecule has 0 bridgehead atoms. The molecule has 3 heteroatoms. The van der Waals surface area contributed by atoms with Crippen molar-refractivity contribution in [2.75, 3.05) is 5.32 Å². The van der Waals surface area contributed by atoms with Crippen LogP contribution in [0, 0.1) is 18.3 Å². The van der Waals surface area contributed by atoms with Crippen molar-refractivity contribution in [2.45, 2.75) is 44.7 Å². The van der Waals surface area contributed by atoms with E-state index in [0.29, 0.717) is 12.1 Å². The van der Waals surface area contributed by atoms with Crippen LogP contribution in [0.5, 0.6) is 0 Å². The van der Waals surface area contributed by atoms with Crippen LogP contribution in [0.25, 0.3) is 0 Å². The van der Waals surface area contributed by atoms with Crippen LogP contribution in [-0.2, 0) is 0 Å². The van der Waals surface area contributed by atoms with Crippen LogP contribution in [-0.4, -0.2) is 12.1 Å². The normalized spacial score (nSPS) is 24.1. The number of nitrogens with zero attached hydrogens (tertiary/aromatic N) is 1. The third kappa shape index (κ3) is 2.78. The number of aryl methyl sites for hydroxylation is 1. The molecule has 2 rings (SSSR count). The van der Waals surface area contributed by atoms with E-state index in [1.165, 1.54) is 0 Å². The van der Waals surface area contributed by atoms with E-state index >= 15 is 0 Å². The van der Waals surface area contributed by atoms with Crippen LogP contribution >= 0.6 is 0 Å². The molecule has 1 fully saturated rings. The van der Waals surface area contributed by atoms with Gasteiger partial charge in [-0.3, -0.25) is 0 Å². The maximum atomic E-state index is 9.16. The third-order valence-corrected chi connectivity index (χ3v) is 3.52. The average molecular weight is 229 g/mol. The van der Waals surface area contributed by atoms with Gasteiger partial charge in [0.05, 0.1) is 11.3 Å². The minimum Gasteiger partial charge on any atom is -0.381 e. The van der Waals surface area contributed by atoms with Gasteiger partial charge in [-0.05, 0) is 44.2 Å². The summed E-state index contributed by atoms with van der Waals surface area (Å²) >= 11 is 0. The highest BCUT2D eigenvalue weighted by Crippen LogP contribution is 2.24. The molecule has 17 heavy (non-hydrogen) atoms. The minimum absolute atomic E-state index is 0.362. The molecule has 0 aromatic heterocycles. The van der Waals surface area contributed by atoms with Crippen LogP contribution in [0.1, 0.15) is 36.8 Å². The van der Waals surface area contributed by atoms with E-state index in [-0.39, 0.29) is 0 Å². The quantitative estimate of drug-likeness (QED) is 0.819. The summed E-state index contributed by atoms with van der Waals surface area (Å²) in [5.74, 6) is 0. The number of rotatable bonds is 2. The number of nitriles is 1. The van der Waals surface area contributed by atoms with Crippen molar-refractivity contribution in [3.8, 4) is 6.07 Å². The van der Waals surface area contributed by atoms with E-state index in [0.717, 1.165) is 42.5 Å². The molecule has 0 unspecified atom stereocenters. The Labute approximate surface area is 103 Å². The van der Waals surface area contributed by atoms with E-state index in [4.69, 9.17) is 11.0 Å². The smallest absolute Gasteiger partial charge is 0.102 e. The summed E-state index contributed by atoms with van der Waals surface area (Å²) in [7, 11) is 0. The predicted molar refractivity (Wildman–Crippen MR) is 69.7 cm³/mol. The highest BCUT2D eigenvalue weighted by molar-refractivity contribution is 5.61. The average Bonchev–Trinajstić information content (AvgIpc) is 2.32. The number of hydrogen-bond donors (Lipinski definition) is 2. The minimum atomic E-state index is 0.362. The van der Waals surface area contributed by atoms with Crippen LogP contribution in [0.4, 0.5) is 5.69 Å². The summed E-state index contributed by atoms with van der Waals surface area (Å²) < 4.78 is 0. The lowest BCUT2D eigenvalue weighted by Crippen LogP contribution is -2.33. The van der Waals surface area contributed by atoms with Crippen LogP contribution in [0.3, 0.4) is 0 Å². The monoisotopic (exact) mass is 229 g/mol. The van der Waals surface area contributed by atoms with Gasteiger partial charge in [0, 0.05) is 12.1 Å². The van der Waals surface area contributed by atoms with E-state index in [1.54, 1.807) is 0 Å². The molecule has 1 aromatic carbocycles. The molecule has 0 amide bonds. The molecule has 0 heterocycles. The van der Waals surface area contributed by atoms with Crippen molar-refractivity contribution in [3.63, 3.8) is 0 Å². The number of nitrogens with one attached hydrogen (secondary N) is 1. The zero-order chi connectivity index (χ0) is 12.3. The van der Waals surface area contributed by atoms with Gasteiger partial charge in [0.15, 0.2) is 0 Å². The Morgan fingerprint density at radius 3 is 2.65 bits per heavy atom. The SMILES string of the molecule is Cc1cccc(NC2CCC(N)CC2)c1C#N. The van der Waals surface area contributed by atoms with Gasteiger partial charge in [-0.2, -0.15) is 5.26 Å². The highest BCUT2D eigenvalue weighted by Gasteiger charge is 2.19. The lowest BCUT2D eigenvalue weighted by molar-refractivity contribution is 0.411. The fourth-order valence-corrected chi connectivity index (χ4v) is 2.42. The topological polar surface area (TPSA) is 61.8 Å². The fraction of sp³-hybridized carbons (Fsp3) is 0.500. The summed E-state index contributed by atoms with van der Waals surface area (Å²) in [5, 5.41) is 12.6. The Bertz CT molecular complexity index is 426. The van der Waals surface area contributed by atoms with Crippen LogP contribution < -0.4 is 11.1 Å². The summed E-state index contributed by atoms with van der Waals surface area (Å²) in [6.45, 7) is 1.97. The molecule has 0 atom stereocenters. The number of anilines is 1. The molecule has 1 aliphatic rings. The molecular weight excluding hydrogens is 210 g/mol. The first-order valence-electron chi connectivity index (χ1n) is 6.22. The molecule has 1 saturated carbocycles. The van der Waals surface area contributed by atoms with Crippen molar-refractivity contribution < 1.29 is 0 Å². The van der Waals surface area contributed by atoms with E-state index in [2.05, 4.69) is 11.4 Å². The zero-order valence-electron chi connectivity index (χ0n) is 10.2. The van der Waals surface area contributed by atoms with E-state index in [1.807, 2.05) is 25.1 Å². The number of hydrogen-bond acceptors (Lipinski definition) is 3. The highest BCUT2D eigenvalue weighted by atomic mass is 14.9. The first-order chi connectivity index (χ1) is 8.20. The van der Waals surface area contributed by atoms with Gasteiger partial charge in [-0.1, -0.05) is 12.1 Å². The number of benzene rings is 1. The van der Waals surface area contributed by atoms with Crippen molar-refractivity contribution in [1.29, 1.82) is 5.26 Å². The third-order valence-electron chi connectivity index (χ3n) is 3.52. The zero-order valence-corrected chi connectivity index (χ0v) is 10.2. The van der Waals surface area contributed by atoms with Gasteiger partial charge < -0.3 is 11.1 Å². The van der Waals surface area contributed by atoms with Gasteiger partial charge in [-0.25, -0.2) is 0 Å². The van der Waals surface area contributed by atoms with Gasteiger partial charge in [0.2, 0.25) is 0 Å². The molecule has 1 aliphatic carbocycles. The Morgan fingerprint density at radius 1 is 1.29 bits per heavy atom. The molecule has 0 aliphatic heterocycles. The Kier molecular flexibility index (Phi) is 3.65. The van der Waals surface area contributed by atoms with E-state index < -0.39 is 0 Å². The number of nitrogens with two attached hydrogens (primary N) is 1. The first kappa shape index (κ1) is 11.9. The molecule has 3 N–H and O–H groups in total. The Hall–Kier alpha value is -1.53. The first-order valence-corrected chi connectivity index (χ1v) is 6.22. The van der Waals surface area contributed by atoms with Crippen molar-refractivity contribution in [1.82, 2.24) is 0 Å². The lowest BCUT2D eigenvalue weighted by atomic mass is 9.91. The second-order valence-corrected chi connectivity index (χ2v) is 4.87. The van der Waals surface area contributed by atoms with Crippen LogP contribution in [0.2, 0.25) is 0 Å². The molecule has 90 valence electrons.